The fraction of sp³-hybridized carbons (Fsp3) is 0.417. The van der Waals surface area contributed by atoms with Gasteiger partial charge in [0.25, 0.3) is 5.91 Å². The number of piperidine rings is 1. The second-order valence-electron chi connectivity index (χ2n) is 4.14. The molecular formula is C12H14ClFN2O. The zero-order valence-electron chi connectivity index (χ0n) is 9.30. The Morgan fingerprint density at radius 1 is 1.53 bits per heavy atom. The molecule has 1 aromatic rings. The first-order valence-electron chi connectivity index (χ1n) is 5.63. The highest BCUT2D eigenvalue weighted by Gasteiger charge is 2.18. The fourth-order valence-corrected chi connectivity index (χ4v) is 2.07. The van der Waals surface area contributed by atoms with E-state index < -0.39 is 5.82 Å². The highest BCUT2D eigenvalue weighted by molar-refractivity contribution is 6.30. The van der Waals surface area contributed by atoms with E-state index in [0.29, 0.717) is 5.02 Å². The van der Waals surface area contributed by atoms with Crippen molar-refractivity contribution in [3.63, 3.8) is 0 Å². The molecule has 92 valence electrons. The standard InChI is InChI=1S/C12H14ClFN2O/c13-8-3-4-10(11(14)6-8)12(17)16-9-2-1-5-15-7-9/h3-4,6,9,15H,1-2,5,7H2,(H,16,17). The summed E-state index contributed by atoms with van der Waals surface area (Å²) < 4.78 is 13.5. The third kappa shape index (κ3) is 3.17. The zero-order valence-corrected chi connectivity index (χ0v) is 10.1. The largest absolute Gasteiger partial charge is 0.348 e. The summed E-state index contributed by atoms with van der Waals surface area (Å²) >= 11 is 5.63. The number of benzene rings is 1. The van der Waals surface area contributed by atoms with E-state index in [2.05, 4.69) is 10.6 Å². The van der Waals surface area contributed by atoms with Crippen LogP contribution in [-0.4, -0.2) is 25.0 Å². The minimum Gasteiger partial charge on any atom is -0.348 e. The molecular weight excluding hydrogens is 243 g/mol. The highest BCUT2D eigenvalue weighted by Crippen LogP contribution is 2.15. The lowest BCUT2D eigenvalue weighted by atomic mass is 10.1. The van der Waals surface area contributed by atoms with Crippen LogP contribution < -0.4 is 10.6 Å². The monoisotopic (exact) mass is 256 g/mol. The van der Waals surface area contributed by atoms with Crippen LogP contribution >= 0.6 is 11.6 Å². The molecule has 1 aromatic carbocycles. The number of nitrogens with one attached hydrogen (secondary N) is 2. The first-order valence-corrected chi connectivity index (χ1v) is 6.01. The molecule has 1 atom stereocenters. The molecule has 1 aliphatic heterocycles. The molecule has 5 heteroatoms. The number of rotatable bonds is 2. The molecule has 0 saturated carbocycles. The summed E-state index contributed by atoms with van der Waals surface area (Å²) in [6.07, 6.45) is 1.95. The molecule has 0 aromatic heterocycles. The Labute approximate surface area is 104 Å². The van der Waals surface area contributed by atoms with Gasteiger partial charge in [-0.05, 0) is 37.6 Å². The van der Waals surface area contributed by atoms with Gasteiger partial charge >= 0.3 is 0 Å². The summed E-state index contributed by atoms with van der Waals surface area (Å²) in [5.41, 5.74) is 0.0416. The van der Waals surface area contributed by atoms with Gasteiger partial charge in [-0.15, -0.1) is 0 Å². The normalized spacial score (nSPS) is 20.0. The third-order valence-electron chi connectivity index (χ3n) is 2.81. The predicted molar refractivity (Wildman–Crippen MR) is 64.8 cm³/mol. The van der Waals surface area contributed by atoms with Crippen LogP contribution in [0, 0.1) is 5.82 Å². The van der Waals surface area contributed by atoms with Crippen LogP contribution in [0.15, 0.2) is 18.2 Å². The van der Waals surface area contributed by atoms with E-state index in [1.165, 1.54) is 12.1 Å². The van der Waals surface area contributed by atoms with E-state index in [1.807, 2.05) is 0 Å². The minimum atomic E-state index is -0.584. The lowest BCUT2D eigenvalue weighted by Crippen LogP contribution is -2.45. The minimum absolute atomic E-state index is 0.0416. The van der Waals surface area contributed by atoms with Gasteiger partial charge < -0.3 is 10.6 Å². The van der Waals surface area contributed by atoms with Crippen molar-refractivity contribution in [3.8, 4) is 0 Å². The van der Waals surface area contributed by atoms with Gasteiger partial charge in [-0.25, -0.2) is 4.39 Å². The molecule has 17 heavy (non-hydrogen) atoms. The Hall–Kier alpha value is -1.13. The predicted octanol–water partition coefficient (Wildman–Crippen LogP) is 1.96. The van der Waals surface area contributed by atoms with Gasteiger partial charge in [-0.1, -0.05) is 11.6 Å². The maximum Gasteiger partial charge on any atom is 0.254 e. The molecule has 1 saturated heterocycles. The van der Waals surface area contributed by atoms with Gasteiger partial charge in [0.15, 0.2) is 0 Å². The van der Waals surface area contributed by atoms with Crippen LogP contribution in [0.25, 0.3) is 0 Å². The second kappa shape index (κ2) is 5.47. The SMILES string of the molecule is O=C(NC1CCCNC1)c1ccc(Cl)cc1F. The van der Waals surface area contributed by atoms with E-state index in [0.717, 1.165) is 32.0 Å². The first-order chi connectivity index (χ1) is 8.16. The molecule has 0 bridgehead atoms. The van der Waals surface area contributed by atoms with Crippen LogP contribution in [0.5, 0.6) is 0 Å². The van der Waals surface area contributed by atoms with Crippen LogP contribution in [0.4, 0.5) is 4.39 Å². The average Bonchev–Trinajstić information content (AvgIpc) is 2.30. The first kappa shape index (κ1) is 12.3. The second-order valence-corrected chi connectivity index (χ2v) is 4.58. The summed E-state index contributed by atoms with van der Waals surface area (Å²) in [5, 5.41) is 6.29. The molecule has 1 unspecified atom stereocenters. The van der Waals surface area contributed by atoms with Crippen molar-refractivity contribution >= 4 is 17.5 Å². The summed E-state index contributed by atoms with van der Waals surface area (Å²) in [4.78, 5) is 11.8. The Kier molecular flexibility index (Phi) is 3.97. The summed E-state index contributed by atoms with van der Waals surface area (Å²) in [5.74, 6) is -0.966. The van der Waals surface area contributed by atoms with E-state index in [-0.39, 0.29) is 17.5 Å². The quantitative estimate of drug-likeness (QED) is 0.849. The van der Waals surface area contributed by atoms with Crippen molar-refractivity contribution in [3.05, 3.63) is 34.6 Å². The van der Waals surface area contributed by atoms with Gasteiger partial charge in [-0.2, -0.15) is 0 Å². The summed E-state index contributed by atoms with van der Waals surface area (Å²) in [7, 11) is 0. The maximum absolute atomic E-state index is 13.5. The Morgan fingerprint density at radius 2 is 2.35 bits per heavy atom. The van der Waals surface area contributed by atoms with Gasteiger partial charge in [0.05, 0.1) is 5.56 Å². The van der Waals surface area contributed by atoms with Gasteiger partial charge in [0.2, 0.25) is 0 Å². The third-order valence-corrected chi connectivity index (χ3v) is 3.04. The maximum atomic E-state index is 13.5. The van der Waals surface area contributed by atoms with Gasteiger partial charge in [0, 0.05) is 17.6 Å². The van der Waals surface area contributed by atoms with Crippen molar-refractivity contribution in [1.29, 1.82) is 0 Å². The van der Waals surface area contributed by atoms with Crippen LogP contribution in [0.1, 0.15) is 23.2 Å². The molecule has 3 nitrogen and oxygen atoms in total. The van der Waals surface area contributed by atoms with Crippen LogP contribution in [-0.2, 0) is 0 Å². The Bertz CT molecular complexity index is 419. The van der Waals surface area contributed by atoms with Gasteiger partial charge in [0.1, 0.15) is 5.82 Å². The summed E-state index contributed by atoms with van der Waals surface area (Å²) in [6.45, 7) is 1.71. The van der Waals surface area contributed by atoms with Crippen molar-refractivity contribution < 1.29 is 9.18 Å². The fourth-order valence-electron chi connectivity index (χ4n) is 1.91. The topological polar surface area (TPSA) is 41.1 Å². The Balaban J connectivity index is 2.03. The smallest absolute Gasteiger partial charge is 0.254 e. The van der Waals surface area contributed by atoms with E-state index >= 15 is 0 Å². The zero-order chi connectivity index (χ0) is 12.3. The molecule has 0 radical (unpaired) electrons. The molecule has 2 rings (SSSR count). The van der Waals surface area contributed by atoms with Crippen molar-refractivity contribution in [2.75, 3.05) is 13.1 Å². The average molecular weight is 257 g/mol. The summed E-state index contributed by atoms with van der Waals surface area (Å²) in [6, 6.07) is 4.14. The van der Waals surface area contributed by atoms with E-state index in [1.54, 1.807) is 0 Å². The molecule has 0 aliphatic carbocycles. The molecule has 0 spiro atoms. The molecule has 1 aliphatic rings. The molecule has 2 N–H and O–H groups in total. The van der Waals surface area contributed by atoms with Crippen molar-refractivity contribution in [1.82, 2.24) is 10.6 Å². The Morgan fingerprint density at radius 3 is 3.00 bits per heavy atom. The van der Waals surface area contributed by atoms with E-state index in [4.69, 9.17) is 11.6 Å². The van der Waals surface area contributed by atoms with Crippen molar-refractivity contribution in [2.45, 2.75) is 18.9 Å². The lowest BCUT2D eigenvalue weighted by Gasteiger charge is -2.23. The number of hydrogen-bond donors (Lipinski definition) is 2. The number of amides is 1. The van der Waals surface area contributed by atoms with Crippen molar-refractivity contribution in [2.24, 2.45) is 0 Å². The molecule has 1 amide bonds. The molecule has 1 fully saturated rings. The van der Waals surface area contributed by atoms with Crippen LogP contribution in [0.2, 0.25) is 5.02 Å². The number of hydrogen-bond acceptors (Lipinski definition) is 2. The van der Waals surface area contributed by atoms with Gasteiger partial charge in [-0.3, -0.25) is 4.79 Å². The number of carbonyl (C=O) groups excluding carboxylic acids is 1. The van der Waals surface area contributed by atoms with Crippen LogP contribution in [0.3, 0.4) is 0 Å². The lowest BCUT2D eigenvalue weighted by molar-refractivity contribution is 0.0926. The highest BCUT2D eigenvalue weighted by atomic mass is 35.5. The number of carbonyl (C=O) groups is 1. The molecule has 1 heterocycles. The van der Waals surface area contributed by atoms with E-state index in [9.17, 15) is 9.18 Å². The number of halogens is 2.